The summed E-state index contributed by atoms with van der Waals surface area (Å²) >= 11 is 0. The molecule has 0 heterocycles. The molecule has 0 aliphatic carbocycles. The summed E-state index contributed by atoms with van der Waals surface area (Å²) in [6, 6.07) is 0.517. The van der Waals surface area contributed by atoms with Crippen LogP contribution < -0.4 is 5.73 Å². The van der Waals surface area contributed by atoms with E-state index in [0.717, 1.165) is 19.5 Å². The highest BCUT2D eigenvalue weighted by Crippen LogP contribution is 2.09. The predicted octanol–water partition coefficient (Wildman–Crippen LogP) is 0.973. The molecule has 0 spiro atoms. The first-order valence-corrected chi connectivity index (χ1v) is 5.68. The van der Waals surface area contributed by atoms with Crippen molar-refractivity contribution in [2.45, 2.75) is 39.3 Å². The van der Waals surface area contributed by atoms with Crippen LogP contribution in [0.3, 0.4) is 0 Å². The number of nitrogens with one attached hydrogen (secondary N) is 1. The van der Waals surface area contributed by atoms with E-state index < -0.39 is 0 Å². The van der Waals surface area contributed by atoms with Gasteiger partial charge in [-0.05, 0) is 34.0 Å². The Morgan fingerprint density at radius 3 is 2.13 bits per heavy atom. The van der Waals surface area contributed by atoms with Crippen LogP contribution in [0.15, 0.2) is 0 Å². The Balaban J connectivity index is 4.50. The summed E-state index contributed by atoms with van der Waals surface area (Å²) in [5, 5.41) is 7.58. The third-order valence-corrected chi connectivity index (χ3v) is 2.71. The first-order valence-electron chi connectivity index (χ1n) is 5.68. The molecule has 0 bridgehead atoms. The Morgan fingerprint density at radius 1 is 1.33 bits per heavy atom. The summed E-state index contributed by atoms with van der Waals surface area (Å²) in [4.78, 5) is 4.46. The Hall–Kier alpha value is -0.610. The summed E-state index contributed by atoms with van der Waals surface area (Å²) in [6.45, 7) is 8.33. The molecule has 0 aromatic heterocycles. The number of rotatable bonds is 7. The van der Waals surface area contributed by atoms with Crippen LogP contribution in [0.25, 0.3) is 0 Å². The van der Waals surface area contributed by atoms with Crippen molar-refractivity contribution in [2.24, 2.45) is 5.73 Å². The number of hydrogen-bond donors (Lipinski definition) is 2. The lowest BCUT2D eigenvalue weighted by Crippen LogP contribution is -2.51. The smallest absolute Gasteiger partial charge is 0.108 e. The van der Waals surface area contributed by atoms with E-state index in [9.17, 15) is 0 Å². The van der Waals surface area contributed by atoms with Gasteiger partial charge in [0.05, 0.1) is 6.04 Å². The topological polar surface area (TPSA) is 56.4 Å². The van der Waals surface area contributed by atoms with Crippen molar-refractivity contribution in [3.05, 3.63) is 0 Å². The van der Waals surface area contributed by atoms with E-state index in [1.54, 1.807) is 0 Å². The quantitative estimate of drug-likeness (QED) is 0.490. The molecule has 2 unspecified atom stereocenters. The van der Waals surface area contributed by atoms with Crippen LogP contribution >= 0.6 is 0 Å². The third-order valence-electron chi connectivity index (χ3n) is 2.71. The van der Waals surface area contributed by atoms with Gasteiger partial charge in [0, 0.05) is 12.6 Å². The first kappa shape index (κ1) is 14.4. The Labute approximate surface area is 93.9 Å². The van der Waals surface area contributed by atoms with Crippen molar-refractivity contribution < 1.29 is 0 Å². The number of nitrogens with zero attached hydrogens (tertiary/aromatic N) is 2. The fraction of sp³-hybridized carbons (Fsp3) is 0.909. The molecule has 90 valence electrons. The lowest BCUT2D eigenvalue weighted by Gasteiger charge is -2.35. The van der Waals surface area contributed by atoms with E-state index in [2.05, 4.69) is 44.7 Å². The predicted molar refractivity (Wildman–Crippen MR) is 66.4 cm³/mol. The maximum Gasteiger partial charge on any atom is 0.108 e. The summed E-state index contributed by atoms with van der Waals surface area (Å²) in [5.74, 6) is 0.282. The molecule has 0 amide bonds. The minimum atomic E-state index is 0.0879. The molecule has 0 saturated carbocycles. The minimum Gasteiger partial charge on any atom is -0.386 e. The number of hydrogen-bond acceptors (Lipinski definition) is 3. The van der Waals surface area contributed by atoms with E-state index in [-0.39, 0.29) is 11.9 Å². The highest BCUT2D eigenvalue weighted by atomic mass is 15.2. The first-order chi connectivity index (χ1) is 6.93. The zero-order chi connectivity index (χ0) is 12.0. The summed E-state index contributed by atoms with van der Waals surface area (Å²) in [7, 11) is 4.14. The van der Waals surface area contributed by atoms with Crippen LogP contribution in [-0.4, -0.2) is 54.9 Å². The van der Waals surface area contributed by atoms with Gasteiger partial charge in [0.2, 0.25) is 0 Å². The normalized spacial score (nSPS) is 15.7. The molecule has 0 aromatic carbocycles. The Bertz CT molecular complexity index is 191. The number of nitrogens with two attached hydrogens (primary N) is 1. The van der Waals surface area contributed by atoms with E-state index >= 15 is 0 Å². The average molecular weight is 214 g/mol. The van der Waals surface area contributed by atoms with Crippen LogP contribution in [0.4, 0.5) is 0 Å². The summed E-state index contributed by atoms with van der Waals surface area (Å²) in [6.07, 6.45) is 0.904. The SMILES string of the molecule is CCC(C(=N)N)N(CC)C(C)CN(C)C. The van der Waals surface area contributed by atoms with Gasteiger partial charge in [-0.2, -0.15) is 0 Å². The third kappa shape index (κ3) is 4.62. The standard InChI is InChI=1S/C11H26N4/c1-6-10(11(12)13)15(7-2)9(3)8-14(4)5/h9-10H,6-8H2,1-5H3,(H3,12,13). The van der Waals surface area contributed by atoms with Gasteiger partial charge in [-0.3, -0.25) is 10.3 Å². The number of likely N-dealkylation sites (N-methyl/N-ethyl adjacent to an activating group) is 2. The highest BCUT2D eigenvalue weighted by Gasteiger charge is 2.23. The summed E-state index contributed by atoms with van der Waals surface area (Å²) < 4.78 is 0. The van der Waals surface area contributed by atoms with Crippen molar-refractivity contribution in [1.29, 1.82) is 5.41 Å². The lowest BCUT2D eigenvalue weighted by atomic mass is 10.1. The Morgan fingerprint density at radius 2 is 1.87 bits per heavy atom. The van der Waals surface area contributed by atoms with E-state index in [0.29, 0.717) is 6.04 Å². The average Bonchev–Trinajstić information content (AvgIpc) is 2.11. The second-order valence-corrected chi connectivity index (χ2v) is 4.32. The minimum absolute atomic E-state index is 0.0879. The van der Waals surface area contributed by atoms with Crippen LogP contribution in [0.1, 0.15) is 27.2 Å². The molecule has 0 aliphatic rings. The highest BCUT2D eigenvalue weighted by molar-refractivity contribution is 5.82. The molecule has 0 saturated heterocycles. The zero-order valence-electron chi connectivity index (χ0n) is 10.7. The lowest BCUT2D eigenvalue weighted by molar-refractivity contribution is 0.155. The van der Waals surface area contributed by atoms with Gasteiger partial charge in [0.1, 0.15) is 5.84 Å². The molecule has 0 fully saturated rings. The zero-order valence-corrected chi connectivity index (χ0v) is 10.7. The van der Waals surface area contributed by atoms with Gasteiger partial charge >= 0.3 is 0 Å². The van der Waals surface area contributed by atoms with E-state index in [4.69, 9.17) is 11.1 Å². The van der Waals surface area contributed by atoms with Crippen molar-refractivity contribution >= 4 is 5.84 Å². The van der Waals surface area contributed by atoms with E-state index in [1.807, 2.05) is 0 Å². The van der Waals surface area contributed by atoms with E-state index in [1.165, 1.54) is 0 Å². The van der Waals surface area contributed by atoms with Crippen molar-refractivity contribution in [3.63, 3.8) is 0 Å². The van der Waals surface area contributed by atoms with Gasteiger partial charge < -0.3 is 10.6 Å². The maximum absolute atomic E-state index is 7.58. The van der Waals surface area contributed by atoms with Crippen molar-refractivity contribution in [1.82, 2.24) is 9.80 Å². The van der Waals surface area contributed by atoms with Crippen molar-refractivity contribution in [2.75, 3.05) is 27.2 Å². The van der Waals surface area contributed by atoms with Gasteiger partial charge in [-0.1, -0.05) is 13.8 Å². The van der Waals surface area contributed by atoms with Gasteiger partial charge in [-0.15, -0.1) is 0 Å². The molecule has 0 radical (unpaired) electrons. The second kappa shape index (κ2) is 6.80. The summed E-state index contributed by atoms with van der Waals surface area (Å²) in [5.41, 5.74) is 5.62. The van der Waals surface area contributed by atoms with Crippen LogP contribution in [0.2, 0.25) is 0 Å². The van der Waals surface area contributed by atoms with Gasteiger partial charge in [0.25, 0.3) is 0 Å². The fourth-order valence-corrected chi connectivity index (χ4v) is 2.11. The molecule has 2 atom stereocenters. The molecular formula is C11H26N4. The molecule has 4 heteroatoms. The Kier molecular flexibility index (Phi) is 6.52. The maximum atomic E-state index is 7.58. The van der Waals surface area contributed by atoms with Gasteiger partial charge in [0.15, 0.2) is 0 Å². The molecule has 15 heavy (non-hydrogen) atoms. The largest absolute Gasteiger partial charge is 0.386 e. The molecule has 0 rings (SSSR count). The second-order valence-electron chi connectivity index (χ2n) is 4.32. The van der Waals surface area contributed by atoms with Crippen LogP contribution in [-0.2, 0) is 0 Å². The van der Waals surface area contributed by atoms with Crippen LogP contribution in [0, 0.1) is 5.41 Å². The molecule has 0 aliphatic heterocycles. The fourth-order valence-electron chi connectivity index (χ4n) is 2.11. The molecule has 3 N–H and O–H groups in total. The molecular weight excluding hydrogens is 188 g/mol. The number of amidine groups is 1. The molecule has 4 nitrogen and oxygen atoms in total. The van der Waals surface area contributed by atoms with Gasteiger partial charge in [-0.25, -0.2) is 0 Å². The molecule has 0 aromatic rings. The van der Waals surface area contributed by atoms with Crippen molar-refractivity contribution in [3.8, 4) is 0 Å². The van der Waals surface area contributed by atoms with Crippen LogP contribution in [0.5, 0.6) is 0 Å². The monoisotopic (exact) mass is 214 g/mol.